The maximum Gasteiger partial charge on any atom is 0.152 e. The zero-order valence-corrected chi connectivity index (χ0v) is 9.79. The zero-order chi connectivity index (χ0) is 11.5. The summed E-state index contributed by atoms with van der Waals surface area (Å²) in [7, 11) is -3.13. The van der Waals surface area contributed by atoms with Crippen LogP contribution in [0, 0.1) is 6.92 Å². The minimum atomic E-state index is -3.13. The molecule has 4 heteroatoms. The standard InChI is InChI=1S/C11H16O3S/c1-3-15(13,14)8-11(12)10-6-4-9(2)5-7-10/h4-7,11-12H,3,8H2,1-2H3/t11-/m0/s1. The van der Waals surface area contributed by atoms with Gasteiger partial charge in [-0.2, -0.15) is 0 Å². The Labute approximate surface area is 90.7 Å². The molecule has 1 N–H and O–H groups in total. The molecule has 0 saturated heterocycles. The number of benzene rings is 1. The van der Waals surface area contributed by atoms with E-state index >= 15 is 0 Å². The van der Waals surface area contributed by atoms with E-state index in [1.165, 1.54) is 0 Å². The van der Waals surface area contributed by atoms with Gasteiger partial charge in [0.15, 0.2) is 9.84 Å². The van der Waals surface area contributed by atoms with Crippen LogP contribution in [-0.2, 0) is 9.84 Å². The van der Waals surface area contributed by atoms with Crippen LogP contribution >= 0.6 is 0 Å². The molecule has 0 aliphatic rings. The van der Waals surface area contributed by atoms with E-state index in [9.17, 15) is 13.5 Å². The molecule has 1 rings (SSSR count). The van der Waals surface area contributed by atoms with Crippen molar-refractivity contribution in [2.45, 2.75) is 20.0 Å². The summed E-state index contributed by atoms with van der Waals surface area (Å²) in [4.78, 5) is 0. The number of rotatable bonds is 4. The van der Waals surface area contributed by atoms with Gasteiger partial charge in [0.25, 0.3) is 0 Å². The van der Waals surface area contributed by atoms with Gasteiger partial charge >= 0.3 is 0 Å². The van der Waals surface area contributed by atoms with E-state index in [1.807, 2.05) is 19.1 Å². The normalized spacial score (nSPS) is 13.8. The van der Waals surface area contributed by atoms with Crippen LogP contribution in [0.25, 0.3) is 0 Å². The lowest BCUT2D eigenvalue weighted by Crippen LogP contribution is -2.16. The van der Waals surface area contributed by atoms with Crippen molar-refractivity contribution in [2.75, 3.05) is 11.5 Å². The topological polar surface area (TPSA) is 54.4 Å². The molecule has 0 aliphatic carbocycles. The summed E-state index contributed by atoms with van der Waals surface area (Å²) >= 11 is 0. The van der Waals surface area contributed by atoms with Crippen molar-refractivity contribution < 1.29 is 13.5 Å². The first kappa shape index (κ1) is 12.2. The smallest absolute Gasteiger partial charge is 0.152 e. The Morgan fingerprint density at radius 3 is 2.27 bits per heavy atom. The van der Waals surface area contributed by atoms with Gasteiger partial charge in [0.05, 0.1) is 11.9 Å². The SMILES string of the molecule is CCS(=O)(=O)C[C@H](O)c1ccc(C)cc1. The first-order chi connectivity index (χ1) is 6.94. The average molecular weight is 228 g/mol. The fourth-order valence-corrected chi connectivity index (χ4v) is 2.15. The summed E-state index contributed by atoms with van der Waals surface area (Å²) < 4.78 is 22.6. The van der Waals surface area contributed by atoms with Crippen LogP contribution < -0.4 is 0 Å². The highest BCUT2D eigenvalue weighted by Crippen LogP contribution is 2.15. The largest absolute Gasteiger partial charge is 0.387 e. The van der Waals surface area contributed by atoms with Crippen molar-refractivity contribution in [3.63, 3.8) is 0 Å². The molecule has 0 fully saturated rings. The number of aliphatic hydroxyl groups is 1. The predicted molar refractivity (Wildman–Crippen MR) is 60.5 cm³/mol. The highest BCUT2D eigenvalue weighted by atomic mass is 32.2. The van der Waals surface area contributed by atoms with Crippen LogP contribution in [-0.4, -0.2) is 25.0 Å². The lowest BCUT2D eigenvalue weighted by atomic mass is 10.1. The second kappa shape index (κ2) is 4.77. The van der Waals surface area contributed by atoms with E-state index in [0.29, 0.717) is 5.56 Å². The van der Waals surface area contributed by atoms with Crippen molar-refractivity contribution in [1.29, 1.82) is 0 Å². The Kier molecular flexibility index (Phi) is 3.88. The molecule has 84 valence electrons. The van der Waals surface area contributed by atoms with Crippen LogP contribution in [0.3, 0.4) is 0 Å². The Bertz CT molecular complexity index is 406. The van der Waals surface area contributed by atoms with Gasteiger partial charge in [-0.1, -0.05) is 36.8 Å². The molecule has 0 radical (unpaired) electrons. The summed E-state index contributed by atoms with van der Waals surface area (Å²) in [5, 5.41) is 9.70. The van der Waals surface area contributed by atoms with Gasteiger partial charge in [-0.05, 0) is 12.5 Å². The maximum atomic E-state index is 11.3. The summed E-state index contributed by atoms with van der Waals surface area (Å²) in [5.41, 5.74) is 1.74. The summed E-state index contributed by atoms with van der Waals surface area (Å²) in [5.74, 6) is -0.136. The van der Waals surface area contributed by atoms with Gasteiger partial charge in [0.2, 0.25) is 0 Å². The fourth-order valence-electron chi connectivity index (χ4n) is 1.24. The van der Waals surface area contributed by atoms with Crippen molar-refractivity contribution in [3.8, 4) is 0 Å². The first-order valence-electron chi connectivity index (χ1n) is 4.89. The highest BCUT2D eigenvalue weighted by molar-refractivity contribution is 7.91. The fraction of sp³-hybridized carbons (Fsp3) is 0.455. The molecule has 0 aliphatic heterocycles. The molecule has 0 heterocycles. The van der Waals surface area contributed by atoms with E-state index in [0.717, 1.165) is 5.56 Å². The molecule has 0 bridgehead atoms. The van der Waals surface area contributed by atoms with Gasteiger partial charge in [-0.15, -0.1) is 0 Å². The van der Waals surface area contributed by atoms with Crippen molar-refractivity contribution in [2.24, 2.45) is 0 Å². The molecule has 15 heavy (non-hydrogen) atoms. The molecule has 0 unspecified atom stereocenters. The van der Waals surface area contributed by atoms with Gasteiger partial charge in [0.1, 0.15) is 0 Å². The van der Waals surface area contributed by atoms with Gasteiger partial charge in [-0.25, -0.2) is 8.42 Å². The molecule has 0 saturated carbocycles. The molecule has 1 atom stereocenters. The zero-order valence-electron chi connectivity index (χ0n) is 8.97. The molecular weight excluding hydrogens is 212 g/mol. The van der Waals surface area contributed by atoms with E-state index in [-0.39, 0.29) is 11.5 Å². The predicted octanol–water partition coefficient (Wildman–Crippen LogP) is 1.46. The van der Waals surface area contributed by atoms with Crippen LogP contribution in [0.5, 0.6) is 0 Å². The number of aryl methyl sites for hydroxylation is 1. The summed E-state index contributed by atoms with van der Waals surface area (Å²) in [6, 6.07) is 7.23. The number of sulfone groups is 1. The van der Waals surface area contributed by atoms with Crippen molar-refractivity contribution in [3.05, 3.63) is 35.4 Å². The highest BCUT2D eigenvalue weighted by Gasteiger charge is 2.16. The quantitative estimate of drug-likeness (QED) is 0.849. The van der Waals surface area contributed by atoms with E-state index in [1.54, 1.807) is 19.1 Å². The summed E-state index contributed by atoms with van der Waals surface area (Å²) in [6.45, 7) is 3.52. The first-order valence-corrected chi connectivity index (χ1v) is 6.72. The van der Waals surface area contributed by atoms with E-state index in [4.69, 9.17) is 0 Å². The van der Waals surface area contributed by atoms with Crippen molar-refractivity contribution >= 4 is 9.84 Å². The molecule has 0 spiro atoms. The molecular formula is C11H16O3S. The van der Waals surface area contributed by atoms with Crippen LogP contribution in [0.2, 0.25) is 0 Å². The lowest BCUT2D eigenvalue weighted by Gasteiger charge is -2.10. The third-order valence-corrected chi connectivity index (χ3v) is 4.02. The van der Waals surface area contributed by atoms with Crippen LogP contribution in [0.1, 0.15) is 24.2 Å². The molecule has 0 aromatic heterocycles. The van der Waals surface area contributed by atoms with Crippen LogP contribution in [0.15, 0.2) is 24.3 Å². The minimum absolute atomic E-state index is 0.0654. The van der Waals surface area contributed by atoms with Crippen LogP contribution in [0.4, 0.5) is 0 Å². The Balaban J connectivity index is 2.78. The number of aliphatic hydroxyl groups excluding tert-OH is 1. The summed E-state index contributed by atoms with van der Waals surface area (Å²) in [6.07, 6.45) is -0.921. The second-order valence-corrected chi connectivity index (χ2v) is 6.02. The third-order valence-electron chi connectivity index (χ3n) is 2.31. The lowest BCUT2D eigenvalue weighted by molar-refractivity contribution is 0.201. The molecule has 1 aromatic carbocycles. The third kappa shape index (κ3) is 3.64. The Morgan fingerprint density at radius 2 is 1.80 bits per heavy atom. The second-order valence-electron chi connectivity index (χ2n) is 3.63. The van der Waals surface area contributed by atoms with Crippen molar-refractivity contribution in [1.82, 2.24) is 0 Å². The minimum Gasteiger partial charge on any atom is -0.387 e. The molecule has 1 aromatic rings. The Morgan fingerprint density at radius 1 is 1.27 bits per heavy atom. The maximum absolute atomic E-state index is 11.3. The molecule has 0 amide bonds. The Hall–Kier alpha value is -0.870. The van der Waals surface area contributed by atoms with E-state index < -0.39 is 15.9 Å². The average Bonchev–Trinajstić information content (AvgIpc) is 2.18. The van der Waals surface area contributed by atoms with Gasteiger partial charge in [-0.3, -0.25) is 0 Å². The number of hydrogen-bond donors (Lipinski definition) is 1. The van der Waals surface area contributed by atoms with Gasteiger partial charge in [0, 0.05) is 5.75 Å². The number of hydrogen-bond acceptors (Lipinski definition) is 3. The molecule has 3 nitrogen and oxygen atoms in total. The van der Waals surface area contributed by atoms with Gasteiger partial charge < -0.3 is 5.11 Å². The van der Waals surface area contributed by atoms with E-state index in [2.05, 4.69) is 0 Å². The monoisotopic (exact) mass is 228 g/mol.